The largest absolute Gasteiger partial charge is 0.484 e. The molecule has 0 bridgehead atoms. The van der Waals surface area contributed by atoms with Crippen molar-refractivity contribution in [3.05, 3.63) is 39.6 Å². The van der Waals surface area contributed by atoms with E-state index in [1.165, 1.54) is 0 Å². The third-order valence-electron chi connectivity index (χ3n) is 4.14. The highest BCUT2D eigenvalue weighted by Crippen LogP contribution is 2.19. The van der Waals surface area contributed by atoms with Crippen molar-refractivity contribution >= 4 is 17.2 Å². The molecule has 3 heterocycles. The van der Waals surface area contributed by atoms with E-state index in [4.69, 9.17) is 9.47 Å². The Balaban J connectivity index is 1.61. The van der Waals surface area contributed by atoms with Crippen LogP contribution in [0.25, 0.3) is 0 Å². The van der Waals surface area contributed by atoms with Gasteiger partial charge in [0.25, 0.3) is 0 Å². The smallest absolute Gasteiger partial charge is 0.225 e. The molecule has 1 aliphatic heterocycles. The SMILES string of the molecule is Cc1ccc(O[C@H]2COCC[C@H]2NC(=O)Cc2sc(C)nc2C)cn1. The van der Waals surface area contributed by atoms with Crippen molar-refractivity contribution in [3.63, 3.8) is 0 Å². The third kappa shape index (κ3) is 4.76. The summed E-state index contributed by atoms with van der Waals surface area (Å²) in [5.74, 6) is 0.684. The molecule has 1 saturated heterocycles. The highest BCUT2D eigenvalue weighted by Gasteiger charge is 2.29. The molecule has 0 saturated carbocycles. The van der Waals surface area contributed by atoms with Crippen LogP contribution in [0.15, 0.2) is 18.3 Å². The first-order valence-corrected chi connectivity index (χ1v) is 9.22. The monoisotopic (exact) mass is 361 g/mol. The average Bonchev–Trinajstić information content (AvgIpc) is 2.88. The van der Waals surface area contributed by atoms with Crippen LogP contribution >= 0.6 is 11.3 Å². The molecular weight excluding hydrogens is 338 g/mol. The summed E-state index contributed by atoms with van der Waals surface area (Å²) in [4.78, 5) is 22.1. The number of aryl methyl sites for hydroxylation is 3. The van der Waals surface area contributed by atoms with Crippen LogP contribution < -0.4 is 10.1 Å². The molecule has 1 amide bonds. The van der Waals surface area contributed by atoms with E-state index >= 15 is 0 Å². The molecule has 3 rings (SSSR count). The molecule has 7 heteroatoms. The molecule has 0 radical (unpaired) electrons. The second-order valence-electron chi connectivity index (χ2n) is 6.25. The third-order valence-corrected chi connectivity index (χ3v) is 5.22. The lowest BCUT2D eigenvalue weighted by Gasteiger charge is -2.32. The fourth-order valence-electron chi connectivity index (χ4n) is 2.83. The van der Waals surface area contributed by atoms with Crippen LogP contribution in [0.5, 0.6) is 5.75 Å². The van der Waals surface area contributed by atoms with E-state index in [0.29, 0.717) is 25.4 Å². The van der Waals surface area contributed by atoms with Crippen LogP contribution in [0.2, 0.25) is 0 Å². The van der Waals surface area contributed by atoms with E-state index in [0.717, 1.165) is 27.7 Å². The van der Waals surface area contributed by atoms with Gasteiger partial charge in [-0.05, 0) is 39.3 Å². The maximum atomic E-state index is 12.4. The van der Waals surface area contributed by atoms with Crippen LogP contribution in [0.4, 0.5) is 0 Å². The molecule has 2 atom stereocenters. The van der Waals surface area contributed by atoms with E-state index < -0.39 is 0 Å². The highest BCUT2D eigenvalue weighted by molar-refractivity contribution is 7.11. The second-order valence-corrected chi connectivity index (χ2v) is 7.54. The number of nitrogens with zero attached hydrogens (tertiary/aromatic N) is 2. The number of rotatable bonds is 5. The summed E-state index contributed by atoms with van der Waals surface area (Å²) in [7, 11) is 0. The fraction of sp³-hybridized carbons (Fsp3) is 0.500. The lowest BCUT2D eigenvalue weighted by atomic mass is 10.1. The number of ether oxygens (including phenoxy) is 2. The summed E-state index contributed by atoms with van der Waals surface area (Å²) in [6, 6.07) is 3.72. The molecule has 1 aliphatic rings. The average molecular weight is 361 g/mol. The predicted octanol–water partition coefficient (Wildman–Crippen LogP) is 2.36. The van der Waals surface area contributed by atoms with Gasteiger partial charge in [-0.25, -0.2) is 4.98 Å². The van der Waals surface area contributed by atoms with E-state index in [1.54, 1.807) is 17.5 Å². The topological polar surface area (TPSA) is 73.3 Å². The van der Waals surface area contributed by atoms with Gasteiger partial charge >= 0.3 is 0 Å². The van der Waals surface area contributed by atoms with Crippen molar-refractivity contribution in [1.29, 1.82) is 0 Å². The van der Waals surface area contributed by atoms with Gasteiger partial charge in [0, 0.05) is 17.2 Å². The van der Waals surface area contributed by atoms with Gasteiger partial charge in [-0.1, -0.05) is 0 Å². The highest BCUT2D eigenvalue weighted by atomic mass is 32.1. The molecule has 1 fully saturated rings. The van der Waals surface area contributed by atoms with Crippen LogP contribution in [0, 0.1) is 20.8 Å². The number of carbonyl (C=O) groups excluding carboxylic acids is 1. The minimum atomic E-state index is -0.216. The molecule has 0 unspecified atom stereocenters. The van der Waals surface area contributed by atoms with Gasteiger partial charge in [-0.3, -0.25) is 9.78 Å². The number of carbonyl (C=O) groups is 1. The van der Waals surface area contributed by atoms with Crippen molar-refractivity contribution in [3.8, 4) is 5.75 Å². The molecule has 2 aromatic heterocycles. The van der Waals surface area contributed by atoms with Crippen LogP contribution in [0.1, 0.15) is 27.7 Å². The number of nitrogens with one attached hydrogen (secondary N) is 1. The first-order chi connectivity index (χ1) is 12.0. The van der Waals surface area contributed by atoms with Crippen LogP contribution in [-0.4, -0.2) is 41.2 Å². The lowest BCUT2D eigenvalue weighted by Crippen LogP contribution is -2.51. The molecular formula is C18H23N3O3S. The minimum absolute atomic E-state index is 0.00530. The second kappa shape index (κ2) is 7.93. The van der Waals surface area contributed by atoms with E-state index in [1.807, 2.05) is 32.9 Å². The number of thiazole rings is 1. The Morgan fingerprint density at radius 2 is 2.24 bits per heavy atom. The van der Waals surface area contributed by atoms with E-state index in [9.17, 15) is 4.79 Å². The molecule has 0 spiro atoms. The van der Waals surface area contributed by atoms with Crippen molar-refractivity contribution in [2.24, 2.45) is 0 Å². The predicted molar refractivity (Wildman–Crippen MR) is 96.0 cm³/mol. The maximum Gasteiger partial charge on any atom is 0.225 e. The van der Waals surface area contributed by atoms with Gasteiger partial charge in [0.2, 0.25) is 5.91 Å². The van der Waals surface area contributed by atoms with Gasteiger partial charge in [-0.2, -0.15) is 0 Å². The Morgan fingerprint density at radius 3 is 2.92 bits per heavy atom. The zero-order chi connectivity index (χ0) is 17.8. The summed E-state index contributed by atoms with van der Waals surface area (Å²) >= 11 is 1.57. The van der Waals surface area contributed by atoms with Gasteiger partial charge in [-0.15, -0.1) is 11.3 Å². The molecule has 25 heavy (non-hydrogen) atoms. The molecule has 6 nitrogen and oxygen atoms in total. The standard InChI is InChI=1S/C18H23N3O3S/c1-11-4-5-14(9-19-11)24-16-10-23-7-6-15(16)21-18(22)8-17-12(2)20-13(3)25-17/h4-5,9,15-16H,6-8,10H2,1-3H3,(H,21,22)/t15-,16+/m1/s1. The molecule has 134 valence electrons. The Labute approximate surface area is 151 Å². The van der Waals surface area contributed by atoms with Gasteiger partial charge < -0.3 is 14.8 Å². The number of pyridine rings is 1. The number of amides is 1. The zero-order valence-corrected chi connectivity index (χ0v) is 15.6. The first kappa shape index (κ1) is 17.8. The maximum absolute atomic E-state index is 12.4. The van der Waals surface area contributed by atoms with Gasteiger partial charge in [0.15, 0.2) is 0 Å². The summed E-state index contributed by atoms with van der Waals surface area (Å²) in [6.45, 7) is 6.90. The number of aromatic nitrogens is 2. The Bertz CT molecular complexity index is 730. The summed E-state index contributed by atoms with van der Waals surface area (Å²) in [5.41, 5.74) is 1.87. The van der Waals surface area contributed by atoms with Gasteiger partial charge in [0.1, 0.15) is 11.9 Å². The fourth-order valence-corrected chi connectivity index (χ4v) is 3.77. The Hall–Kier alpha value is -1.99. The van der Waals surface area contributed by atoms with Crippen molar-refractivity contribution in [2.75, 3.05) is 13.2 Å². The van der Waals surface area contributed by atoms with Crippen molar-refractivity contribution < 1.29 is 14.3 Å². The summed E-state index contributed by atoms with van der Waals surface area (Å²) in [5, 5.41) is 4.09. The van der Waals surface area contributed by atoms with Crippen molar-refractivity contribution in [1.82, 2.24) is 15.3 Å². The summed E-state index contributed by atoms with van der Waals surface area (Å²) in [6.07, 6.45) is 2.57. The van der Waals surface area contributed by atoms with Gasteiger partial charge in [0.05, 0.1) is 36.0 Å². The quantitative estimate of drug-likeness (QED) is 0.885. The molecule has 0 aliphatic carbocycles. The number of hydrogen-bond donors (Lipinski definition) is 1. The van der Waals surface area contributed by atoms with E-state index in [-0.39, 0.29) is 18.1 Å². The first-order valence-electron chi connectivity index (χ1n) is 8.40. The zero-order valence-electron chi connectivity index (χ0n) is 14.7. The summed E-state index contributed by atoms with van der Waals surface area (Å²) < 4.78 is 11.5. The van der Waals surface area contributed by atoms with Crippen LogP contribution in [-0.2, 0) is 16.0 Å². The lowest BCUT2D eigenvalue weighted by molar-refractivity contribution is -0.123. The van der Waals surface area contributed by atoms with Crippen molar-refractivity contribution in [2.45, 2.75) is 45.8 Å². The number of hydrogen-bond acceptors (Lipinski definition) is 6. The van der Waals surface area contributed by atoms with E-state index in [2.05, 4.69) is 15.3 Å². The van der Waals surface area contributed by atoms with Crippen LogP contribution in [0.3, 0.4) is 0 Å². The molecule has 0 aromatic carbocycles. The normalized spacial score (nSPS) is 20.3. The molecule has 2 aromatic rings. The minimum Gasteiger partial charge on any atom is -0.484 e. The molecule has 1 N–H and O–H groups in total. The Morgan fingerprint density at radius 1 is 1.40 bits per heavy atom. The Kier molecular flexibility index (Phi) is 5.65.